The molecule has 1 aliphatic heterocycles. The Hall–Kier alpha value is -0.0800. The van der Waals surface area contributed by atoms with E-state index in [1.807, 2.05) is 0 Å². The zero-order chi connectivity index (χ0) is 12.5. The zero-order valence-electron chi connectivity index (χ0n) is 12.0. The van der Waals surface area contributed by atoms with E-state index in [4.69, 9.17) is 4.74 Å². The third kappa shape index (κ3) is 7.05. The smallest absolute Gasteiger partial charge is 0.0468 e. The first-order valence-corrected chi connectivity index (χ1v) is 7.48. The average molecular weight is 241 g/mol. The van der Waals surface area contributed by atoms with E-state index in [-0.39, 0.29) is 0 Å². The Morgan fingerprint density at radius 2 is 1.82 bits per heavy atom. The Morgan fingerprint density at radius 1 is 1.12 bits per heavy atom. The molecule has 1 N–H and O–H groups in total. The van der Waals surface area contributed by atoms with Crippen molar-refractivity contribution >= 4 is 0 Å². The topological polar surface area (TPSA) is 21.3 Å². The summed E-state index contributed by atoms with van der Waals surface area (Å²) in [5.74, 6) is 2.54. The number of hydrogen-bond donors (Lipinski definition) is 1. The van der Waals surface area contributed by atoms with Gasteiger partial charge in [0.15, 0.2) is 0 Å². The molecule has 0 amide bonds. The maximum absolute atomic E-state index is 5.38. The first-order valence-electron chi connectivity index (χ1n) is 7.48. The molecule has 2 nitrogen and oxygen atoms in total. The summed E-state index contributed by atoms with van der Waals surface area (Å²) in [5, 5.41) is 3.58. The molecule has 0 spiro atoms. The molecule has 0 aromatic carbocycles. The molecule has 1 unspecified atom stereocenters. The largest absolute Gasteiger partial charge is 0.381 e. The Balaban J connectivity index is 1.87. The molecule has 1 saturated heterocycles. The van der Waals surface area contributed by atoms with Gasteiger partial charge in [-0.05, 0) is 50.1 Å². The first kappa shape index (κ1) is 15.0. The number of unbranched alkanes of at least 4 members (excludes halogenated alkanes) is 1. The summed E-state index contributed by atoms with van der Waals surface area (Å²) in [7, 11) is 0. The molecule has 1 atom stereocenters. The van der Waals surface area contributed by atoms with Gasteiger partial charge in [0.1, 0.15) is 0 Å². The molecule has 1 fully saturated rings. The van der Waals surface area contributed by atoms with Crippen LogP contribution in [0.1, 0.15) is 52.9 Å². The lowest BCUT2D eigenvalue weighted by molar-refractivity contribution is 0.0631. The van der Waals surface area contributed by atoms with Crippen molar-refractivity contribution in [2.45, 2.75) is 52.9 Å². The highest BCUT2D eigenvalue weighted by Gasteiger charge is 2.12. The third-order valence-electron chi connectivity index (χ3n) is 4.16. The van der Waals surface area contributed by atoms with E-state index >= 15 is 0 Å². The molecule has 2 heteroatoms. The molecule has 0 aromatic heterocycles. The molecule has 1 rings (SSSR count). The predicted molar refractivity (Wildman–Crippen MR) is 74.3 cm³/mol. The molecule has 0 aromatic rings. The van der Waals surface area contributed by atoms with Gasteiger partial charge >= 0.3 is 0 Å². The minimum absolute atomic E-state index is 0.796. The molecule has 0 saturated carbocycles. The van der Waals surface area contributed by atoms with E-state index in [1.165, 1.54) is 45.2 Å². The molecular weight excluding hydrogens is 210 g/mol. The van der Waals surface area contributed by atoms with Gasteiger partial charge in [-0.25, -0.2) is 0 Å². The van der Waals surface area contributed by atoms with Gasteiger partial charge < -0.3 is 10.1 Å². The van der Waals surface area contributed by atoms with Crippen molar-refractivity contribution in [3.05, 3.63) is 0 Å². The maximum Gasteiger partial charge on any atom is 0.0468 e. The van der Waals surface area contributed by atoms with Crippen LogP contribution in [0.2, 0.25) is 0 Å². The fraction of sp³-hybridized carbons (Fsp3) is 1.00. The zero-order valence-corrected chi connectivity index (χ0v) is 12.0. The van der Waals surface area contributed by atoms with E-state index in [9.17, 15) is 0 Å². The van der Waals surface area contributed by atoms with Crippen LogP contribution in [-0.4, -0.2) is 26.3 Å². The van der Waals surface area contributed by atoms with Crippen LogP contribution >= 0.6 is 0 Å². The standard InChI is InChI=1S/C15H31NO/c1-13(2)14(3)12-16-9-5-4-6-15-7-10-17-11-8-15/h13-16H,4-12H2,1-3H3. The van der Waals surface area contributed by atoms with Gasteiger partial charge in [0, 0.05) is 13.2 Å². The van der Waals surface area contributed by atoms with Gasteiger partial charge in [0.05, 0.1) is 0 Å². The first-order chi connectivity index (χ1) is 8.20. The second-order valence-electron chi connectivity index (χ2n) is 5.98. The SMILES string of the molecule is CC(C)C(C)CNCCCCC1CCOCC1. The molecule has 0 radical (unpaired) electrons. The van der Waals surface area contributed by atoms with Crippen LogP contribution in [-0.2, 0) is 4.74 Å². The Kier molecular flexibility index (Phi) is 7.87. The summed E-state index contributed by atoms with van der Waals surface area (Å²) < 4.78 is 5.38. The fourth-order valence-electron chi connectivity index (χ4n) is 2.28. The minimum Gasteiger partial charge on any atom is -0.381 e. The molecule has 17 heavy (non-hydrogen) atoms. The Morgan fingerprint density at radius 3 is 2.47 bits per heavy atom. The second-order valence-corrected chi connectivity index (χ2v) is 5.98. The minimum atomic E-state index is 0.796. The van der Waals surface area contributed by atoms with Crippen LogP contribution < -0.4 is 5.32 Å². The highest BCUT2D eigenvalue weighted by molar-refractivity contribution is 4.64. The van der Waals surface area contributed by atoms with Crippen molar-refractivity contribution in [1.82, 2.24) is 5.32 Å². The summed E-state index contributed by atoms with van der Waals surface area (Å²) in [6.45, 7) is 11.3. The maximum atomic E-state index is 5.38. The summed E-state index contributed by atoms with van der Waals surface area (Å²) in [5.41, 5.74) is 0. The molecular formula is C15H31NO. The summed E-state index contributed by atoms with van der Waals surface area (Å²) in [6, 6.07) is 0. The van der Waals surface area contributed by atoms with E-state index < -0.39 is 0 Å². The van der Waals surface area contributed by atoms with Gasteiger partial charge in [-0.15, -0.1) is 0 Å². The summed E-state index contributed by atoms with van der Waals surface area (Å²) in [4.78, 5) is 0. The lowest BCUT2D eigenvalue weighted by Gasteiger charge is -2.21. The van der Waals surface area contributed by atoms with Crippen LogP contribution in [0.25, 0.3) is 0 Å². The Bertz CT molecular complexity index is 176. The average Bonchev–Trinajstić information content (AvgIpc) is 2.34. The third-order valence-corrected chi connectivity index (χ3v) is 4.16. The fourth-order valence-corrected chi connectivity index (χ4v) is 2.28. The van der Waals surface area contributed by atoms with Crippen LogP contribution in [0.5, 0.6) is 0 Å². The lowest BCUT2D eigenvalue weighted by atomic mass is 9.94. The van der Waals surface area contributed by atoms with Crippen molar-refractivity contribution in [3.8, 4) is 0 Å². The highest BCUT2D eigenvalue weighted by atomic mass is 16.5. The molecule has 102 valence electrons. The van der Waals surface area contributed by atoms with Crippen molar-refractivity contribution in [3.63, 3.8) is 0 Å². The second kappa shape index (κ2) is 8.93. The normalized spacial score (nSPS) is 19.8. The monoisotopic (exact) mass is 241 g/mol. The van der Waals surface area contributed by atoms with Gasteiger partial charge in [0.25, 0.3) is 0 Å². The number of nitrogens with one attached hydrogen (secondary N) is 1. The van der Waals surface area contributed by atoms with E-state index in [0.717, 1.165) is 31.0 Å². The molecule has 1 heterocycles. The highest BCUT2D eigenvalue weighted by Crippen LogP contribution is 2.20. The number of hydrogen-bond acceptors (Lipinski definition) is 2. The van der Waals surface area contributed by atoms with Crippen LogP contribution in [0.3, 0.4) is 0 Å². The van der Waals surface area contributed by atoms with E-state index in [1.54, 1.807) is 0 Å². The number of rotatable bonds is 8. The molecule has 0 bridgehead atoms. The quantitative estimate of drug-likeness (QED) is 0.657. The lowest BCUT2D eigenvalue weighted by Crippen LogP contribution is -2.25. The summed E-state index contributed by atoms with van der Waals surface area (Å²) >= 11 is 0. The van der Waals surface area contributed by atoms with Crippen molar-refractivity contribution in [2.75, 3.05) is 26.3 Å². The van der Waals surface area contributed by atoms with Crippen LogP contribution in [0.4, 0.5) is 0 Å². The van der Waals surface area contributed by atoms with Crippen molar-refractivity contribution < 1.29 is 4.74 Å². The van der Waals surface area contributed by atoms with Gasteiger partial charge in [-0.1, -0.05) is 33.6 Å². The van der Waals surface area contributed by atoms with Crippen molar-refractivity contribution in [2.24, 2.45) is 17.8 Å². The van der Waals surface area contributed by atoms with Gasteiger partial charge in [0.2, 0.25) is 0 Å². The van der Waals surface area contributed by atoms with Gasteiger partial charge in [-0.2, -0.15) is 0 Å². The van der Waals surface area contributed by atoms with E-state index in [0.29, 0.717) is 0 Å². The number of ether oxygens (including phenoxy) is 1. The Labute approximate surface area is 108 Å². The molecule has 1 aliphatic rings. The van der Waals surface area contributed by atoms with Crippen molar-refractivity contribution in [1.29, 1.82) is 0 Å². The molecule has 0 aliphatic carbocycles. The van der Waals surface area contributed by atoms with Gasteiger partial charge in [-0.3, -0.25) is 0 Å². The summed E-state index contributed by atoms with van der Waals surface area (Å²) in [6.07, 6.45) is 6.70. The van der Waals surface area contributed by atoms with Crippen LogP contribution in [0, 0.1) is 17.8 Å². The predicted octanol–water partition coefficient (Wildman–Crippen LogP) is 3.47. The van der Waals surface area contributed by atoms with Crippen LogP contribution in [0.15, 0.2) is 0 Å². The van der Waals surface area contributed by atoms with E-state index in [2.05, 4.69) is 26.1 Å².